The molecule has 0 aliphatic heterocycles. The van der Waals surface area contributed by atoms with Crippen molar-refractivity contribution in [3.05, 3.63) is 59.7 Å². The molecule has 0 saturated carbocycles. The molecule has 1 aliphatic carbocycles. The summed E-state index contributed by atoms with van der Waals surface area (Å²) in [6, 6.07) is 15.4. The molecule has 2 N–H and O–H groups in total. The molecular weight excluding hydrogens is 370 g/mol. The first kappa shape index (κ1) is 20.9. The highest BCUT2D eigenvalue weighted by Crippen LogP contribution is 2.44. The Balaban J connectivity index is 1.60. The summed E-state index contributed by atoms with van der Waals surface area (Å²) in [5, 5.41) is 12.0. The SMILES string of the molecule is CC(C)(C)OC(=O)C[C@@H](CO)NC(=O)OCC1c2ccccc2-c2ccccc21. The van der Waals surface area contributed by atoms with E-state index in [-0.39, 0.29) is 25.6 Å². The summed E-state index contributed by atoms with van der Waals surface area (Å²) in [5.74, 6) is -0.540. The number of aliphatic hydroxyl groups excluding tert-OH is 1. The van der Waals surface area contributed by atoms with Gasteiger partial charge < -0.3 is 19.9 Å². The molecule has 1 atom stereocenters. The van der Waals surface area contributed by atoms with Crippen LogP contribution < -0.4 is 5.32 Å². The van der Waals surface area contributed by atoms with Crippen LogP contribution >= 0.6 is 0 Å². The van der Waals surface area contributed by atoms with Crippen LogP contribution in [-0.2, 0) is 14.3 Å². The van der Waals surface area contributed by atoms with Crippen LogP contribution in [0.15, 0.2) is 48.5 Å². The molecule has 0 heterocycles. The normalized spacial score (nSPS) is 13.9. The van der Waals surface area contributed by atoms with Gasteiger partial charge in [0.2, 0.25) is 0 Å². The Bertz CT molecular complexity index is 841. The summed E-state index contributed by atoms with van der Waals surface area (Å²) in [5.41, 5.74) is 3.91. The van der Waals surface area contributed by atoms with Crippen LogP contribution in [0, 0.1) is 0 Å². The van der Waals surface area contributed by atoms with Gasteiger partial charge >= 0.3 is 12.1 Å². The minimum Gasteiger partial charge on any atom is -0.460 e. The largest absolute Gasteiger partial charge is 0.460 e. The van der Waals surface area contributed by atoms with Crippen molar-refractivity contribution in [2.75, 3.05) is 13.2 Å². The monoisotopic (exact) mass is 397 g/mol. The maximum Gasteiger partial charge on any atom is 0.407 e. The topological polar surface area (TPSA) is 84.9 Å². The number of rotatable bonds is 6. The van der Waals surface area contributed by atoms with Crippen molar-refractivity contribution in [2.24, 2.45) is 0 Å². The lowest BCUT2D eigenvalue weighted by Crippen LogP contribution is -2.41. The van der Waals surface area contributed by atoms with Gasteiger partial charge in [0, 0.05) is 5.92 Å². The van der Waals surface area contributed by atoms with E-state index in [1.165, 1.54) is 0 Å². The van der Waals surface area contributed by atoms with Crippen LogP contribution in [0.4, 0.5) is 4.79 Å². The predicted molar refractivity (Wildman–Crippen MR) is 110 cm³/mol. The lowest BCUT2D eigenvalue weighted by atomic mass is 9.98. The first-order chi connectivity index (χ1) is 13.8. The highest BCUT2D eigenvalue weighted by atomic mass is 16.6. The Morgan fingerprint density at radius 3 is 2.10 bits per heavy atom. The summed E-state index contributed by atoms with van der Waals surface area (Å²) in [6.07, 6.45) is -0.799. The van der Waals surface area contributed by atoms with E-state index in [2.05, 4.69) is 17.4 Å². The Morgan fingerprint density at radius 1 is 1.03 bits per heavy atom. The number of benzene rings is 2. The number of amides is 1. The number of fused-ring (bicyclic) bond motifs is 3. The Hall–Kier alpha value is -2.86. The minimum absolute atomic E-state index is 0.0495. The van der Waals surface area contributed by atoms with Gasteiger partial charge in [-0.15, -0.1) is 0 Å². The molecule has 1 aliphatic rings. The number of ether oxygens (including phenoxy) is 2. The molecule has 0 unspecified atom stereocenters. The molecule has 3 rings (SSSR count). The molecule has 0 aromatic heterocycles. The molecule has 0 fully saturated rings. The fourth-order valence-electron chi connectivity index (χ4n) is 3.55. The second-order valence-electron chi connectivity index (χ2n) is 8.14. The first-order valence-electron chi connectivity index (χ1n) is 9.72. The van der Waals surface area contributed by atoms with Gasteiger partial charge in [0.15, 0.2) is 0 Å². The standard InChI is InChI=1S/C23H27NO5/c1-23(2,3)29-21(26)12-15(13-25)24-22(27)28-14-20-18-10-6-4-8-16(18)17-9-5-7-11-19(17)20/h4-11,15,20,25H,12-14H2,1-3H3,(H,24,27)/t15-/m0/s1. The van der Waals surface area contributed by atoms with Crippen LogP contribution in [0.25, 0.3) is 11.1 Å². The zero-order valence-corrected chi connectivity index (χ0v) is 17.0. The van der Waals surface area contributed by atoms with Gasteiger partial charge in [-0.25, -0.2) is 4.79 Å². The zero-order chi connectivity index (χ0) is 21.0. The van der Waals surface area contributed by atoms with Crippen LogP contribution in [0.3, 0.4) is 0 Å². The number of alkyl carbamates (subject to hydrolysis) is 1. The molecule has 2 aromatic rings. The van der Waals surface area contributed by atoms with Crippen molar-refractivity contribution in [1.29, 1.82) is 0 Å². The van der Waals surface area contributed by atoms with Crippen molar-refractivity contribution in [1.82, 2.24) is 5.32 Å². The molecule has 2 aromatic carbocycles. The number of aliphatic hydroxyl groups is 1. The first-order valence-corrected chi connectivity index (χ1v) is 9.72. The Morgan fingerprint density at radius 2 is 1.59 bits per heavy atom. The number of esters is 1. The van der Waals surface area contributed by atoms with Gasteiger partial charge in [0.25, 0.3) is 0 Å². The third-order valence-electron chi connectivity index (χ3n) is 4.72. The van der Waals surface area contributed by atoms with Gasteiger partial charge in [-0.2, -0.15) is 0 Å². The van der Waals surface area contributed by atoms with E-state index in [4.69, 9.17) is 9.47 Å². The zero-order valence-electron chi connectivity index (χ0n) is 17.0. The molecule has 0 radical (unpaired) electrons. The molecule has 6 nitrogen and oxygen atoms in total. The van der Waals surface area contributed by atoms with Gasteiger partial charge in [-0.05, 0) is 43.0 Å². The number of nitrogens with one attached hydrogen (secondary N) is 1. The molecule has 154 valence electrons. The molecular formula is C23H27NO5. The molecule has 6 heteroatoms. The Labute approximate surface area is 170 Å². The van der Waals surface area contributed by atoms with Crippen LogP contribution in [0.1, 0.15) is 44.2 Å². The van der Waals surface area contributed by atoms with Crippen molar-refractivity contribution in [3.63, 3.8) is 0 Å². The third-order valence-corrected chi connectivity index (χ3v) is 4.72. The summed E-state index contributed by atoms with van der Waals surface area (Å²) in [7, 11) is 0. The third kappa shape index (κ3) is 5.15. The Kier molecular flexibility index (Phi) is 6.23. The van der Waals surface area contributed by atoms with Gasteiger partial charge in [-0.1, -0.05) is 48.5 Å². The maximum absolute atomic E-state index is 12.3. The van der Waals surface area contributed by atoms with E-state index in [1.807, 2.05) is 36.4 Å². The number of hydrogen-bond acceptors (Lipinski definition) is 5. The summed E-state index contributed by atoms with van der Waals surface area (Å²) in [4.78, 5) is 24.2. The van der Waals surface area contributed by atoms with E-state index in [0.717, 1.165) is 22.3 Å². The maximum atomic E-state index is 12.3. The molecule has 29 heavy (non-hydrogen) atoms. The van der Waals surface area contributed by atoms with E-state index in [0.29, 0.717) is 0 Å². The van der Waals surface area contributed by atoms with Crippen molar-refractivity contribution in [3.8, 4) is 11.1 Å². The van der Waals surface area contributed by atoms with Crippen LogP contribution in [0.5, 0.6) is 0 Å². The van der Waals surface area contributed by atoms with E-state index < -0.39 is 23.7 Å². The van der Waals surface area contributed by atoms with Gasteiger partial charge in [0.1, 0.15) is 12.2 Å². The summed E-state index contributed by atoms with van der Waals surface area (Å²) < 4.78 is 10.7. The molecule has 0 saturated heterocycles. The second kappa shape index (κ2) is 8.66. The minimum atomic E-state index is -0.763. The second-order valence-corrected chi connectivity index (χ2v) is 8.14. The molecule has 0 spiro atoms. The summed E-state index contributed by atoms with van der Waals surface area (Å²) in [6.45, 7) is 5.07. The fourth-order valence-corrected chi connectivity index (χ4v) is 3.55. The average Bonchev–Trinajstić information content (AvgIpc) is 2.98. The molecule has 1 amide bonds. The number of carbonyl (C=O) groups is 2. The quantitative estimate of drug-likeness (QED) is 0.728. The van der Waals surface area contributed by atoms with Crippen molar-refractivity contribution < 1.29 is 24.2 Å². The highest BCUT2D eigenvalue weighted by Gasteiger charge is 2.29. The molecule has 0 bridgehead atoms. The van der Waals surface area contributed by atoms with Gasteiger partial charge in [-0.3, -0.25) is 4.79 Å². The number of carbonyl (C=O) groups excluding carboxylic acids is 2. The van der Waals surface area contributed by atoms with E-state index in [1.54, 1.807) is 20.8 Å². The van der Waals surface area contributed by atoms with Crippen LogP contribution in [0.2, 0.25) is 0 Å². The van der Waals surface area contributed by atoms with Crippen LogP contribution in [-0.4, -0.2) is 42.0 Å². The van der Waals surface area contributed by atoms with E-state index in [9.17, 15) is 14.7 Å². The van der Waals surface area contributed by atoms with E-state index >= 15 is 0 Å². The lowest BCUT2D eigenvalue weighted by Gasteiger charge is -2.22. The van der Waals surface area contributed by atoms with Gasteiger partial charge in [0.05, 0.1) is 19.1 Å². The van der Waals surface area contributed by atoms with Crippen molar-refractivity contribution in [2.45, 2.75) is 44.8 Å². The average molecular weight is 397 g/mol. The lowest BCUT2D eigenvalue weighted by molar-refractivity contribution is -0.155. The number of hydrogen-bond donors (Lipinski definition) is 2. The smallest absolute Gasteiger partial charge is 0.407 e. The highest BCUT2D eigenvalue weighted by molar-refractivity contribution is 5.79. The fraction of sp³-hybridized carbons (Fsp3) is 0.391. The summed E-state index contributed by atoms with van der Waals surface area (Å²) >= 11 is 0. The van der Waals surface area contributed by atoms with Crippen molar-refractivity contribution >= 4 is 12.1 Å². The predicted octanol–water partition coefficient (Wildman–Crippen LogP) is 3.62.